The third-order valence-electron chi connectivity index (χ3n) is 9.80. The number of esters is 1. The lowest BCUT2D eigenvalue weighted by Crippen LogP contribution is -2.46. The lowest BCUT2D eigenvalue weighted by molar-refractivity contribution is -0.146. The number of H-pyrrole nitrogens is 1. The summed E-state index contributed by atoms with van der Waals surface area (Å²) in [6.45, 7) is 4.56. The molecule has 4 heterocycles. The number of anilines is 1. The summed E-state index contributed by atoms with van der Waals surface area (Å²) in [5.74, 6) is 2.44. The summed E-state index contributed by atoms with van der Waals surface area (Å²) in [6.07, 6.45) is 9.30. The molecule has 288 valence electrons. The van der Waals surface area contributed by atoms with Crippen molar-refractivity contribution in [3.63, 3.8) is 0 Å². The number of pyridine rings is 1. The number of rotatable bonds is 19. The number of methoxy groups -OCH3 is 1. The molecule has 1 saturated heterocycles. The number of amides is 1. The Bertz CT molecular complexity index is 1800. The molecule has 3 N–H and O–H groups in total. The van der Waals surface area contributed by atoms with E-state index in [2.05, 4.69) is 47.5 Å². The zero-order chi connectivity index (χ0) is 37.6. The van der Waals surface area contributed by atoms with Crippen molar-refractivity contribution in [1.82, 2.24) is 30.4 Å². The molecule has 0 spiro atoms. The number of carbonyl (C=O) groups excluding carboxylic acids is 2. The number of ether oxygens (including phenoxy) is 5. The van der Waals surface area contributed by atoms with Crippen LogP contribution in [-0.2, 0) is 24.5 Å². The highest BCUT2D eigenvalue weighted by Gasteiger charge is 2.39. The summed E-state index contributed by atoms with van der Waals surface area (Å²) in [5.41, 5.74) is 2.76. The van der Waals surface area contributed by atoms with Crippen LogP contribution in [0, 0.1) is 0 Å². The third kappa shape index (κ3) is 10.5. The first-order valence-electron chi connectivity index (χ1n) is 18.8. The average Bonchev–Trinajstić information content (AvgIpc) is 3.71. The van der Waals surface area contributed by atoms with Gasteiger partial charge in [0.1, 0.15) is 18.1 Å². The van der Waals surface area contributed by atoms with E-state index in [1.807, 2.05) is 54.6 Å². The Hall–Kier alpha value is -5.05. The lowest BCUT2D eigenvalue weighted by Gasteiger charge is -2.40. The Kier molecular flexibility index (Phi) is 13.8. The number of likely N-dealkylation sites (tertiary alicyclic amines) is 1. The molecule has 4 aromatic rings. The van der Waals surface area contributed by atoms with Crippen molar-refractivity contribution in [3.05, 3.63) is 83.9 Å². The van der Waals surface area contributed by atoms with Gasteiger partial charge in [-0.05, 0) is 94.1 Å². The molecule has 6 rings (SSSR count). The molecule has 2 aliphatic rings. The van der Waals surface area contributed by atoms with E-state index >= 15 is 0 Å². The number of aromatic nitrogens is 4. The van der Waals surface area contributed by atoms with Gasteiger partial charge in [0.05, 0.1) is 31.9 Å². The van der Waals surface area contributed by atoms with Gasteiger partial charge < -0.3 is 44.2 Å². The second kappa shape index (κ2) is 19.3. The zero-order valence-corrected chi connectivity index (χ0v) is 31.2. The maximum absolute atomic E-state index is 13.7. The summed E-state index contributed by atoms with van der Waals surface area (Å²) < 4.78 is 27.4. The van der Waals surface area contributed by atoms with Crippen molar-refractivity contribution in [1.29, 1.82) is 0 Å². The van der Waals surface area contributed by atoms with Crippen LogP contribution in [0.5, 0.6) is 11.5 Å². The lowest BCUT2D eigenvalue weighted by atomic mass is 9.86. The molecule has 0 saturated carbocycles. The average molecular weight is 742 g/mol. The number of fused-ring (bicyclic) bond motifs is 1. The predicted octanol–water partition coefficient (Wildman–Crippen LogP) is 5.30. The summed E-state index contributed by atoms with van der Waals surface area (Å²) in [5, 5.41) is 16.1. The highest BCUT2D eigenvalue weighted by atomic mass is 16.6. The Balaban J connectivity index is 1.00. The second-order valence-electron chi connectivity index (χ2n) is 13.7. The van der Waals surface area contributed by atoms with E-state index < -0.39 is 5.54 Å². The van der Waals surface area contributed by atoms with E-state index in [4.69, 9.17) is 18.9 Å². The van der Waals surface area contributed by atoms with Crippen LogP contribution < -0.4 is 20.1 Å². The Morgan fingerprint density at radius 3 is 2.57 bits per heavy atom. The molecule has 54 heavy (non-hydrogen) atoms. The van der Waals surface area contributed by atoms with Crippen molar-refractivity contribution in [3.8, 4) is 22.9 Å². The van der Waals surface area contributed by atoms with E-state index in [0.717, 1.165) is 85.8 Å². The molecule has 0 bridgehead atoms. The second-order valence-corrected chi connectivity index (χ2v) is 13.7. The van der Waals surface area contributed by atoms with Crippen LogP contribution in [0.2, 0.25) is 0 Å². The van der Waals surface area contributed by atoms with Crippen molar-refractivity contribution in [2.24, 2.45) is 0 Å². The number of nitrogens with one attached hydrogen (secondary N) is 3. The van der Waals surface area contributed by atoms with E-state index in [0.29, 0.717) is 50.8 Å². The molecule has 0 radical (unpaired) electrons. The Morgan fingerprint density at radius 1 is 0.944 bits per heavy atom. The van der Waals surface area contributed by atoms with Gasteiger partial charge in [0, 0.05) is 74.1 Å². The molecule has 2 aromatic carbocycles. The summed E-state index contributed by atoms with van der Waals surface area (Å²) in [7, 11) is 3.46. The number of hydrogen-bond donors (Lipinski definition) is 3. The van der Waals surface area contributed by atoms with Crippen molar-refractivity contribution in [2.45, 2.75) is 56.5 Å². The SMILES string of the molecule is COC(=O)COCCCOCCCCCOc1ccc2c(c1)[C@H](NC(=O)c1cccc(NC3(c4nnc(-c5ccncc5)[nH]4)CCN(C)CC3)c1)CCO2. The summed E-state index contributed by atoms with van der Waals surface area (Å²) >= 11 is 0. The number of carbonyl (C=O) groups is 2. The fourth-order valence-electron chi connectivity index (χ4n) is 6.66. The highest BCUT2D eigenvalue weighted by molar-refractivity contribution is 5.95. The third-order valence-corrected chi connectivity index (χ3v) is 9.80. The first-order chi connectivity index (χ1) is 26.4. The van der Waals surface area contributed by atoms with Gasteiger partial charge in [-0.3, -0.25) is 9.78 Å². The molecule has 0 unspecified atom stereocenters. The molecular formula is C40H51N7O7. The molecule has 1 amide bonds. The van der Waals surface area contributed by atoms with Gasteiger partial charge in [-0.1, -0.05) is 6.07 Å². The normalized spacial score (nSPS) is 16.5. The quantitative estimate of drug-likeness (QED) is 0.0842. The fourth-order valence-corrected chi connectivity index (χ4v) is 6.66. The molecular weight excluding hydrogens is 690 g/mol. The summed E-state index contributed by atoms with van der Waals surface area (Å²) in [4.78, 5) is 34.7. The minimum absolute atomic E-state index is 0.0305. The monoisotopic (exact) mass is 741 g/mol. The van der Waals surface area contributed by atoms with Gasteiger partial charge >= 0.3 is 5.97 Å². The maximum Gasteiger partial charge on any atom is 0.331 e. The van der Waals surface area contributed by atoms with Crippen LogP contribution in [0.1, 0.15) is 72.7 Å². The number of piperidine rings is 1. The number of unbranched alkanes of at least 4 members (excludes halogenated alkanes) is 2. The van der Waals surface area contributed by atoms with E-state index in [-0.39, 0.29) is 24.5 Å². The molecule has 1 fully saturated rings. The summed E-state index contributed by atoms with van der Waals surface area (Å²) in [6, 6.07) is 17.0. The fraction of sp³-hybridized carbons (Fsp3) is 0.475. The Labute approximate surface area is 316 Å². The maximum atomic E-state index is 13.7. The Morgan fingerprint density at radius 2 is 1.74 bits per heavy atom. The molecule has 14 nitrogen and oxygen atoms in total. The topological polar surface area (TPSA) is 162 Å². The first-order valence-corrected chi connectivity index (χ1v) is 18.8. The first kappa shape index (κ1) is 38.7. The van der Waals surface area contributed by atoms with Crippen LogP contribution in [0.4, 0.5) is 5.69 Å². The van der Waals surface area contributed by atoms with Crippen LogP contribution in [-0.4, -0.2) is 104 Å². The standard InChI is InChI=1S/C40H51N7O7/c1-47-19-15-40(16-20-47,39-43-37(45-46-39)29-12-17-41-18-13-29)44-31-9-6-8-30(26-31)38(49)42-34-14-25-54-35-11-10-32(27-33(34)35)53-24-5-3-4-21-51-22-7-23-52-28-36(48)50-2/h6,8-13,17-18,26-27,34,44H,3-5,7,14-16,19-25,28H2,1-2H3,(H,42,49)(H,43,45,46)/t34-/m1/s1. The number of aromatic amines is 1. The predicted molar refractivity (Wildman–Crippen MR) is 202 cm³/mol. The van der Waals surface area contributed by atoms with Crippen LogP contribution in [0.3, 0.4) is 0 Å². The van der Waals surface area contributed by atoms with E-state index in [1.165, 1.54) is 7.11 Å². The molecule has 0 aliphatic carbocycles. The van der Waals surface area contributed by atoms with E-state index in [1.54, 1.807) is 12.4 Å². The van der Waals surface area contributed by atoms with Crippen molar-refractivity contribution in [2.75, 3.05) is 72.2 Å². The van der Waals surface area contributed by atoms with Crippen LogP contribution >= 0.6 is 0 Å². The molecule has 14 heteroatoms. The minimum atomic E-state index is -0.478. The molecule has 2 aromatic heterocycles. The van der Waals surface area contributed by atoms with Crippen molar-refractivity contribution < 1.29 is 33.3 Å². The number of benzene rings is 2. The van der Waals surface area contributed by atoms with Gasteiger partial charge in [0.15, 0.2) is 11.6 Å². The van der Waals surface area contributed by atoms with Gasteiger partial charge in [0.25, 0.3) is 5.91 Å². The van der Waals surface area contributed by atoms with Gasteiger partial charge in [-0.25, -0.2) is 4.79 Å². The van der Waals surface area contributed by atoms with Crippen LogP contribution in [0.15, 0.2) is 67.0 Å². The van der Waals surface area contributed by atoms with E-state index in [9.17, 15) is 9.59 Å². The van der Waals surface area contributed by atoms with Crippen molar-refractivity contribution >= 4 is 17.6 Å². The molecule has 2 aliphatic heterocycles. The minimum Gasteiger partial charge on any atom is -0.494 e. The number of hydrogen-bond acceptors (Lipinski definition) is 12. The van der Waals surface area contributed by atoms with Gasteiger partial charge in [-0.15, -0.1) is 10.2 Å². The largest absolute Gasteiger partial charge is 0.494 e. The zero-order valence-electron chi connectivity index (χ0n) is 31.2. The molecule has 1 atom stereocenters. The smallest absolute Gasteiger partial charge is 0.331 e. The highest BCUT2D eigenvalue weighted by Crippen LogP contribution is 2.37. The van der Waals surface area contributed by atoms with Gasteiger partial charge in [0.2, 0.25) is 0 Å². The number of nitrogens with zero attached hydrogens (tertiary/aromatic N) is 4. The van der Waals surface area contributed by atoms with Gasteiger partial charge in [-0.2, -0.15) is 0 Å². The van der Waals surface area contributed by atoms with Crippen LogP contribution in [0.25, 0.3) is 11.4 Å².